The summed E-state index contributed by atoms with van der Waals surface area (Å²) in [6, 6.07) is 18.0. The van der Waals surface area contributed by atoms with E-state index in [4.69, 9.17) is 29.2 Å². The maximum Gasteiger partial charge on any atom is 0.319 e. The Labute approximate surface area is 506 Å². The zero-order valence-corrected chi connectivity index (χ0v) is 52.0. The van der Waals surface area contributed by atoms with Gasteiger partial charge in [0, 0.05) is 80.5 Å². The number of methoxy groups -OCH3 is 1. The van der Waals surface area contributed by atoms with Gasteiger partial charge in [-0.3, -0.25) is 24.6 Å². The topological polar surface area (TPSA) is 212 Å². The van der Waals surface area contributed by atoms with Gasteiger partial charge in [0.2, 0.25) is 12.8 Å². The molecule has 19 heteroatoms. The van der Waals surface area contributed by atoms with E-state index in [0.29, 0.717) is 93.0 Å². The minimum Gasteiger partial charge on any atom is -0.508 e. The summed E-state index contributed by atoms with van der Waals surface area (Å²) in [7, 11) is 1.64. The number of aromatic nitrogens is 4. The number of piperazine rings is 1. The lowest BCUT2D eigenvalue weighted by atomic mass is 9.74. The molecule has 3 aromatic heterocycles. The van der Waals surface area contributed by atoms with Crippen LogP contribution >= 0.6 is 0 Å². The Morgan fingerprint density at radius 2 is 1.72 bits per heavy atom. The van der Waals surface area contributed by atoms with E-state index in [1.165, 1.54) is 30.0 Å². The summed E-state index contributed by atoms with van der Waals surface area (Å²) < 4.78 is 34.0. The zero-order valence-electron chi connectivity index (χ0n) is 52.0. The first-order chi connectivity index (χ1) is 41.5. The molecule has 7 unspecified atom stereocenters. The van der Waals surface area contributed by atoms with Gasteiger partial charge < -0.3 is 44.9 Å². The predicted octanol–water partition coefficient (Wildman–Crippen LogP) is 11.2. The molecule has 7 heterocycles. The van der Waals surface area contributed by atoms with Gasteiger partial charge >= 0.3 is 6.01 Å². The minimum absolute atomic E-state index is 0.0345. The second kappa shape index (κ2) is 29.7. The number of ether oxygens (including phenoxy) is 3. The third-order valence-corrected chi connectivity index (χ3v) is 17.3. The number of nitrogens with one attached hydrogen (secondary N) is 2. The number of phenols is 1. The Bertz CT molecular complexity index is 3350. The Morgan fingerprint density at radius 3 is 2.34 bits per heavy atom. The Morgan fingerprint density at radius 1 is 0.965 bits per heavy atom. The number of fused-ring (bicyclic) bond motifs is 4. The summed E-state index contributed by atoms with van der Waals surface area (Å²) in [5.74, 6) is 1.29. The fourth-order valence-corrected chi connectivity index (χ4v) is 11.8. The number of carbonyl (C=O) groups is 2. The van der Waals surface area contributed by atoms with Crippen molar-refractivity contribution in [2.75, 3.05) is 51.4 Å². The van der Waals surface area contributed by atoms with Gasteiger partial charge in [0.05, 0.1) is 30.7 Å². The number of aliphatic hydroxyl groups is 1. The van der Waals surface area contributed by atoms with E-state index in [1.54, 1.807) is 31.5 Å². The van der Waals surface area contributed by atoms with Crippen molar-refractivity contribution in [3.8, 4) is 28.8 Å². The van der Waals surface area contributed by atoms with Crippen molar-refractivity contribution in [3.63, 3.8) is 0 Å². The lowest BCUT2D eigenvalue weighted by Crippen LogP contribution is -2.51. The van der Waals surface area contributed by atoms with Gasteiger partial charge in [-0.15, -0.1) is 0 Å². The first-order valence-electron chi connectivity index (χ1n) is 30.6. The molecule has 6 aromatic rings. The highest BCUT2D eigenvalue weighted by Gasteiger charge is 2.35. The highest BCUT2D eigenvalue weighted by molar-refractivity contribution is 6.04. The van der Waals surface area contributed by atoms with Crippen molar-refractivity contribution < 1.29 is 38.4 Å². The molecule has 460 valence electrons. The van der Waals surface area contributed by atoms with Crippen LogP contribution in [0.5, 0.6) is 17.5 Å². The number of benzene rings is 3. The zero-order chi connectivity index (χ0) is 61.7. The summed E-state index contributed by atoms with van der Waals surface area (Å²) in [5.41, 5.74) is 7.33. The molecule has 8 atom stereocenters. The third kappa shape index (κ3) is 15.0. The van der Waals surface area contributed by atoms with Gasteiger partial charge in [0.15, 0.2) is 5.75 Å². The molecule has 4 N–H and O–H groups in total. The maximum absolute atomic E-state index is 15.5. The summed E-state index contributed by atoms with van der Waals surface area (Å²) in [5, 5.41) is 39.8. The maximum atomic E-state index is 15.5. The van der Waals surface area contributed by atoms with Crippen LogP contribution in [0.15, 0.2) is 107 Å². The van der Waals surface area contributed by atoms with Crippen LogP contribution in [-0.4, -0.2) is 136 Å². The SMILES string of the molecule is CC.CC1CCCN1C=O.CCc1c(F)ccc2cc(O)cc(-c3ncc4c(N5CC6CCC(C5)N6)nc(OC[C@H](C)OC)nc4c3OCc3ccc(C4CN(C(C)C(C)C)N=N4)cc3)c12.Cc1cnccc1C1(C)C=CC(C(CO)NC=O)=CC1. The van der Waals surface area contributed by atoms with Crippen LogP contribution in [0.2, 0.25) is 0 Å². The number of aryl methyl sites for hydroxylation is 2. The van der Waals surface area contributed by atoms with E-state index in [9.17, 15) is 19.8 Å². The number of likely N-dealkylation sites (tertiary alicyclic amines) is 1. The molecule has 0 radical (unpaired) electrons. The van der Waals surface area contributed by atoms with E-state index in [0.717, 1.165) is 68.6 Å². The number of aliphatic hydroxyl groups excluding tert-OH is 1. The van der Waals surface area contributed by atoms with Crippen LogP contribution in [0.25, 0.3) is 32.9 Å². The molecule has 11 rings (SSSR count). The predicted molar refractivity (Wildman–Crippen MR) is 336 cm³/mol. The number of hydrogen-bond acceptors (Lipinski definition) is 16. The number of nitrogens with zero attached hydrogens (tertiary/aromatic N) is 9. The molecule has 0 spiro atoms. The Kier molecular flexibility index (Phi) is 22.2. The first kappa shape index (κ1) is 64.4. The average Bonchev–Trinajstić information content (AvgIpc) is 1.04. The van der Waals surface area contributed by atoms with E-state index >= 15 is 4.39 Å². The Hall–Kier alpha value is -7.61. The van der Waals surface area contributed by atoms with E-state index in [1.807, 2.05) is 69.3 Å². The molecule has 2 bridgehead atoms. The van der Waals surface area contributed by atoms with Crippen LogP contribution in [0, 0.1) is 18.7 Å². The second-order valence-corrected chi connectivity index (χ2v) is 23.5. The lowest BCUT2D eigenvalue weighted by molar-refractivity contribution is -0.118. The third-order valence-electron chi connectivity index (χ3n) is 17.3. The number of phenolic OH excluding ortho intramolecular Hbond substituents is 1. The molecule has 0 saturated carbocycles. The van der Waals surface area contributed by atoms with Crippen molar-refractivity contribution in [2.24, 2.45) is 16.3 Å². The van der Waals surface area contributed by atoms with Crippen molar-refractivity contribution >= 4 is 40.3 Å². The molecule has 5 aliphatic rings. The average molecular weight is 1180 g/mol. The quantitative estimate of drug-likeness (QED) is 0.0556. The molecule has 3 saturated heterocycles. The molecule has 3 fully saturated rings. The number of rotatable bonds is 19. The molecule has 3 aromatic carbocycles. The normalized spacial score (nSPS) is 21.4. The highest BCUT2D eigenvalue weighted by Crippen LogP contribution is 2.44. The molecule has 2 amide bonds. The minimum atomic E-state index is -0.327. The number of halogens is 1. The highest BCUT2D eigenvalue weighted by atomic mass is 19.1. The van der Waals surface area contributed by atoms with Crippen molar-refractivity contribution in [3.05, 3.63) is 131 Å². The van der Waals surface area contributed by atoms with Crippen molar-refractivity contribution in [1.29, 1.82) is 0 Å². The molecule has 18 nitrogen and oxygen atoms in total. The van der Waals surface area contributed by atoms with E-state index in [-0.39, 0.29) is 61.0 Å². The lowest BCUT2D eigenvalue weighted by Gasteiger charge is -2.34. The molecule has 4 aliphatic heterocycles. The van der Waals surface area contributed by atoms with Gasteiger partial charge in [-0.25, -0.2) is 4.39 Å². The van der Waals surface area contributed by atoms with Gasteiger partial charge in [-0.2, -0.15) is 15.1 Å². The van der Waals surface area contributed by atoms with Crippen LogP contribution in [0.4, 0.5) is 10.2 Å². The monoisotopic (exact) mass is 1180 g/mol. The number of pyridine rings is 2. The summed E-state index contributed by atoms with van der Waals surface area (Å²) in [6.07, 6.45) is 18.9. The number of hydrogen-bond donors (Lipinski definition) is 4. The van der Waals surface area contributed by atoms with Crippen LogP contribution in [0.3, 0.4) is 0 Å². The second-order valence-electron chi connectivity index (χ2n) is 23.5. The van der Waals surface area contributed by atoms with Crippen LogP contribution in [-0.2, 0) is 32.8 Å². The first-order valence-corrected chi connectivity index (χ1v) is 30.6. The molecule has 1 aliphatic carbocycles. The van der Waals surface area contributed by atoms with Crippen molar-refractivity contribution in [2.45, 2.75) is 162 Å². The fourth-order valence-electron chi connectivity index (χ4n) is 11.8. The number of carbonyl (C=O) groups excluding carboxylic acids is 2. The van der Waals surface area contributed by atoms with Gasteiger partial charge in [-0.05, 0) is 141 Å². The summed E-state index contributed by atoms with van der Waals surface area (Å²) in [6.45, 7) is 24.4. The molecule has 86 heavy (non-hydrogen) atoms. The van der Waals surface area contributed by atoms with Crippen molar-refractivity contribution in [1.82, 2.24) is 40.5 Å². The van der Waals surface area contributed by atoms with Gasteiger partial charge in [-0.1, -0.05) is 95.3 Å². The largest absolute Gasteiger partial charge is 0.508 e. The van der Waals surface area contributed by atoms with Gasteiger partial charge in [0.25, 0.3) is 0 Å². The Balaban J connectivity index is 0.000000262. The summed E-state index contributed by atoms with van der Waals surface area (Å²) in [4.78, 5) is 43.9. The number of amides is 2. The van der Waals surface area contributed by atoms with Gasteiger partial charge in [0.1, 0.15) is 47.9 Å². The number of allylic oxidation sites excluding steroid dienone is 2. The summed E-state index contributed by atoms with van der Waals surface area (Å²) >= 11 is 0. The standard InChI is InChI=1S/C43H51FN8O4.C16H20N2O2.C6H11NO.C2H6/c1-7-33-36(44)15-12-29-16-32(53)17-34(38(29)33)39-41(55-23-27-8-10-28(11-9-27)37-21-52(50-49-37)26(5)24(2)3)40-35(18-45-39)42(48-43(47-40)56-22-25(4)54-6)51-19-30-13-14-31(20-51)46-30;1-12-9-17-8-5-14(12)16(2)6-3-13(4-7-16)15(10-19)18-11-20;1-6-3-2-4-7(6)5-8;1-2/h8-12,15-18,24-26,30-31,37,46,53H,7,13-14,19-23H2,1-6H3;3-6,8-9,11,15,19H,7,10H2,1-2H3,(H,18,20);5-6H,2-4H2,1H3;1-2H3/t25-,26?,30?,31?,37?;;;/m0.../s1. The molecular weight excluding hydrogens is 1090 g/mol. The van der Waals surface area contributed by atoms with Crippen LogP contribution < -0.4 is 25.0 Å². The smallest absolute Gasteiger partial charge is 0.319 e. The van der Waals surface area contributed by atoms with E-state index < -0.39 is 0 Å². The number of anilines is 1. The van der Waals surface area contributed by atoms with Crippen LogP contribution in [0.1, 0.15) is 128 Å². The number of aromatic hydroxyl groups is 1. The molecular formula is C67H88FN11O7. The van der Waals surface area contributed by atoms with E-state index in [2.05, 4.69) is 102 Å². The fraction of sp³-hybridized carbons (Fsp3) is 0.493.